The highest BCUT2D eigenvalue weighted by Crippen LogP contribution is 2.19. The second kappa shape index (κ2) is 7.27. The van der Waals surface area contributed by atoms with Gasteiger partial charge in [-0.15, -0.1) is 0 Å². The van der Waals surface area contributed by atoms with E-state index in [4.69, 9.17) is 4.42 Å². The van der Waals surface area contributed by atoms with E-state index in [0.29, 0.717) is 47.6 Å². The minimum atomic E-state index is -0.108. The van der Waals surface area contributed by atoms with E-state index in [1.54, 1.807) is 36.6 Å². The smallest absolute Gasteiger partial charge is 0.252 e. The number of anilines is 1. The largest absolute Gasteiger partial charge is 0.441 e. The molecule has 0 spiro atoms. The highest BCUT2D eigenvalue weighted by molar-refractivity contribution is 7.08. The molecule has 2 amide bonds. The Balaban J connectivity index is 1.44. The molecule has 24 heavy (non-hydrogen) atoms. The van der Waals surface area contributed by atoms with Crippen LogP contribution in [0, 0.1) is 6.92 Å². The Morgan fingerprint density at radius 2 is 2.17 bits per heavy atom. The third kappa shape index (κ3) is 3.99. The number of aromatic nitrogens is 1. The van der Waals surface area contributed by atoms with Crippen molar-refractivity contribution in [1.29, 1.82) is 0 Å². The third-order valence-corrected chi connectivity index (χ3v) is 4.11. The van der Waals surface area contributed by atoms with Crippen LogP contribution in [0.25, 0.3) is 11.1 Å². The molecule has 0 aliphatic carbocycles. The predicted octanol–water partition coefficient (Wildman–Crippen LogP) is 3.35. The third-order valence-electron chi connectivity index (χ3n) is 3.43. The van der Waals surface area contributed by atoms with Crippen molar-refractivity contribution in [3.8, 4) is 0 Å². The summed E-state index contributed by atoms with van der Waals surface area (Å²) in [5, 5.41) is 9.28. The van der Waals surface area contributed by atoms with E-state index in [-0.39, 0.29) is 11.8 Å². The number of hydrogen-bond acceptors (Lipinski definition) is 5. The number of carbonyl (C=O) groups is 2. The zero-order chi connectivity index (χ0) is 16.9. The van der Waals surface area contributed by atoms with Gasteiger partial charge in [0.25, 0.3) is 5.91 Å². The SMILES string of the molecule is Cc1nc2cc(NC(=O)CCCNC(=O)c3ccsc3)ccc2o1. The maximum Gasteiger partial charge on any atom is 0.252 e. The molecule has 3 aromatic rings. The molecule has 3 rings (SSSR count). The van der Waals surface area contributed by atoms with E-state index < -0.39 is 0 Å². The minimum Gasteiger partial charge on any atom is -0.441 e. The number of fused-ring (bicyclic) bond motifs is 1. The van der Waals surface area contributed by atoms with Crippen LogP contribution in [0.15, 0.2) is 39.4 Å². The van der Waals surface area contributed by atoms with Gasteiger partial charge < -0.3 is 15.1 Å². The summed E-state index contributed by atoms with van der Waals surface area (Å²) in [7, 11) is 0. The summed E-state index contributed by atoms with van der Waals surface area (Å²) in [6.45, 7) is 2.24. The number of nitrogens with zero attached hydrogens (tertiary/aromatic N) is 1. The molecule has 0 atom stereocenters. The lowest BCUT2D eigenvalue weighted by molar-refractivity contribution is -0.116. The molecule has 7 heteroatoms. The van der Waals surface area contributed by atoms with Gasteiger partial charge in [-0.05, 0) is 36.1 Å². The lowest BCUT2D eigenvalue weighted by Gasteiger charge is -2.06. The van der Waals surface area contributed by atoms with E-state index >= 15 is 0 Å². The number of thiophene rings is 1. The first-order valence-electron chi connectivity index (χ1n) is 7.59. The molecule has 0 unspecified atom stereocenters. The number of oxazole rings is 1. The van der Waals surface area contributed by atoms with Crippen LogP contribution < -0.4 is 10.6 Å². The first-order valence-corrected chi connectivity index (χ1v) is 8.53. The Hall–Kier alpha value is -2.67. The first kappa shape index (κ1) is 16.2. The lowest BCUT2D eigenvalue weighted by atomic mass is 10.2. The number of aryl methyl sites for hydroxylation is 1. The lowest BCUT2D eigenvalue weighted by Crippen LogP contribution is -2.25. The number of amides is 2. The number of carbonyl (C=O) groups excluding carboxylic acids is 2. The molecule has 0 radical (unpaired) electrons. The van der Waals surface area contributed by atoms with E-state index in [1.807, 2.05) is 5.38 Å². The first-order chi connectivity index (χ1) is 11.6. The van der Waals surface area contributed by atoms with Crippen molar-refractivity contribution in [2.24, 2.45) is 0 Å². The molecule has 124 valence electrons. The molecule has 0 aliphatic heterocycles. The highest BCUT2D eigenvalue weighted by Gasteiger charge is 2.08. The Kier molecular flexibility index (Phi) is 4.90. The Morgan fingerprint density at radius 3 is 2.96 bits per heavy atom. The molecule has 1 aromatic carbocycles. The van der Waals surface area contributed by atoms with Crippen molar-refractivity contribution >= 4 is 39.9 Å². The molecule has 0 fully saturated rings. The van der Waals surface area contributed by atoms with E-state index in [2.05, 4.69) is 15.6 Å². The van der Waals surface area contributed by atoms with Gasteiger partial charge in [0.2, 0.25) is 5.91 Å². The van der Waals surface area contributed by atoms with E-state index in [1.165, 1.54) is 11.3 Å². The van der Waals surface area contributed by atoms with Crippen molar-refractivity contribution < 1.29 is 14.0 Å². The summed E-state index contributed by atoms with van der Waals surface area (Å²) in [5.74, 6) is 0.387. The van der Waals surface area contributed by atoms with Gasteiger partial charge in [0.15, 0.2) is 11.5 Å². The van der Waals surface area contributed by atoms with Crippen LogP contribution in [-0.4, -0.2) is 23.3 Å². The Labute approximate surface area is 142 Å². The average molecular weight is 343 g/mol. The second-order valence-corrected chi connectivity index (χ2v) is 6.12. The molecule has 0 aliphatic rings. The topological polar surface area (TPSA) is 84.2 Å². The molecule has 0 saturated heterocycles. The summed E-state index contributed by atoms with van der Waals surface area (Å²) < 4.78 is 5.40. The fraction of sp³-hybridized carbons (Fsp3) is 0.235. The van der Waals surface area contributed by atoms with Crippen LogP contribution >= 0.6 is 11.3 Å². The van der Waals surface area contributed by atoms with Crippen LogP contribution in [0.2, 0.25) is 0 Å². The molecule has 0 saturated carbocycles. The van der Waals surface area contributed by atoms with Gasteiger partial charge in [-0.2, -0.15) is 11.3 Å². The van der Waals surface area contributed by atoms with Gasteiger partial charge >= 0.3 is 0 Å². The van der Waals surface area contributed by atoms with Crippen LogP contribution in [0.3, 0.4) is 0 Å². The summed E-state index contributed by atoms with van der Waals surface area (Å²) in [6.07, 6.45) is 0.910. The van der Waals surface area contributed by atoms with Crippen molar-refractivity contribution in [1.82, 2.24) is 10.3 Å². The fourth-order valence-corrected chi connectivity index (χ4v) is 2.93. The second-order valence-electron chi connectivity index (χ2n) is 5.34. The molecule has 2 N–H and O–H groups in total. The van der Waals surface area contributed by atoms with Gasteiger partial charge in [0, 0.05) is 36.5 Å². The van der Waals surface area contributed by atoms with E-state index in [9.17, 15) is 9.59 Å². The predicted molar refractivity (Wildman–Crippen MR) is 93.3 cm³/mol. The zero-order valence-electron chi connectivity index (χ0n) is 13.2. The van der Waals surface area contributed by atoms with Crippen molar-refractivity contribution in [2.75, 3.05) is 11.9 Å². The van der Waals surface area contributed by atoms with Crippen molar-refractivity contribution in [3.05, 3.63) is 46.5 Å². The van der Waals surface area contributed by atoms with Gasteiger partial charge in [0.05, 0.1) is 0 Å². The standard InChI is InChI=1S/C17H17N3O3S/c1-11-19-14-9-13(4-5-15(14)23-11)20-16(21)3-2-7-18-17(22)12-6-8-24-10-12/h4-6,8-10H,2-3,7H2,1H3,(H,18,22)(H,20,21). The highest BCUT2D eigenvalue weighted by atomic mass is 32.1. The molecule has 6 nitrogen and oxygen atoms in total. The van der Waals surface area contributed by atoms with Gasteiger partial charge in [0.1, 0.15) is 5.52 Å². The molecule has 0 bridgehead atoms. The van der Waals surface area contributed by atoms with Gasteiger partial charge in [-0.1, -0.05) is 0 Å². The molecular weight excluding hydrogens is 326 g/mol. The number of benzene rings is 1. The number of nitrogens with one attached hydrogen (secondary N) is 2. The maximum absolute atomic E-state index is 12.0. The Morgan fingerprint density at radius 1 is 1.29 bits per heavy atom. The quantitative estimate of drug-likeness (QED) is 0.672. The fourth-order valence-electron chi connectivity index (χ4n) is 2.29. The summed E-state index contributed by atoms with van der Waals surface area (Å²) in [5.41, 5.74) is 2.75. The summed E-state index contributed by atoms with van der Waals surface area (Å²) in [6, 6.07) is 7.12. The van der Waals surface area contributed by atoms with Crippen LogP contribution in [0.4, 0.5) is 5.69 Å². The van der Waals surface area contributed by atoms with Crippen molar-refractivity contribution in [2.45, 2.75) is 19.8 Å². The van der Waals surface area contributed by atoms with Crippen LogP contribution in [-0.2, 0) is 4.79 Å². The van der Waals surface area contributed by atoms with Gasteiger partial charge in [-0.3, -0.25) is 9.59 Å². The molecular formula is C17H17N3O3S. The molecule has 2 heterocycles. The van der Waals surface area contributed by atoms with Crippen LogP contribution in [0.5, 0.6) is 0 Å². The van der Waals surface area contributed by atoms with Crippen LogP contribution in [0.1, 0.15) is 29.1 Å². The normalized spacial score (nSPS) is 10.7. The Bertz CT molecular complexity index is 855. The monoisotopic (exact) mass is 343 g/mol. The minimum absolute atomic E-state index is 0.0978. The molecule has 2 aromatic heterocycles. The summed E-state index contributed by atoms with van der Waals surface area (Å²) >= 11 is 1.48. The number of hydrogen-bond donors (Lipinski definition) is 2. The maximum atomic E-state index is 12.0. The van der Waals surface area contributed by atoms with Gasteiger partial charge in [-0.25, -0.2) is 4.98 Å². The average Bonchev–Trinajstić information content (AvgIpc) is 3.19. The zero-order valence-corrected chi connectivity index (χ0v) is 14.0. The summed E-state index contributed by atoms with van der Waals surface area (Å²) in [4.78, 5) is 27.9. The van der Waals surface area contributed by atoms with E-state index in [0.717, 1.165) is 0 Å². The number of rotatable bonds is 6. The van der Waals surface area contributed by atoms with Crippen molar-refractivity contribution in [3.63, 3.8) is 0 Å².